The van der Waals surface area contributed by atoms with E-state index in [4.69, 9.17) is 4.74 Å². The van der Waals surface area contributed by atoms with Gasteiger partial charge in [0.25, 0.3) is 0 Å². The molecular weight excluding hydrogens is 409 g/mol. The maximum atomic E-state index is 13.1. The average molecular weight is 428 g/mol. The van der Waals surface area contributed by atoms with E-state index >= 15 is 0 Å². The minimum atomic E-state index is -0.671. The molecule has 0 radical (unpaired) electrons. The Balaban J connectivity index is 2.04. The number of halogens is 2. The van der Waals surface area contributed by atoms with Gasteiger partial charge in [0.1, 0.15) is 17.5 Å². The minimum absolute atomic E-state index is 0.0929. The molecule has 0 fully saturated rings. The molecule has 0 atom stereocenters. The fourth-order valence-corrected chi connectivity index (χ4v) is 2.17. The van der Waals surface area contributed by atoms with Crippen LogP contribution in [0.2, 0.25) is 0 Å². The highest BCUT2D eigenvalue weighted by Gasteiger charge is 2.16. The predicted molar refractivity (Wildman–Crippen MR) is 96.7 cm³/mol. The third-order valence-electron chi connectivity index (χ3n) is 3.10. The molecule has 0 spiro atoms. The van der Waals surface area contributed by atoms with Gasteiger partial charge in [-0.15, -0.1) is 0 Å². The summed E-state index contributed by atoms with van der Waals surface area (Å²) in [6, 6.07) is 3.38. The minimum Gasteiger partial charge on any atom is -0.445 e. The Morgan fingerprint density at radius 3 is 2.73 bits per heavy atom. The second-order valence-electron chi connectivity index (χ2n) is 6.50. The molecule has 2 rings (SSSR count). The highest BCUT2D eigenvalue weighted by molar-refractivity contribution is 9.10. The largest absolute Gasteiger partial charge is 0.445 e. The molecule has 0 bridgehead atoms. The van der Waals surface area contributed by atoms with E-state index in [1.54, 1.807) is 32.9 Å². The second kappa shape index (κ2) is 8.26. The molecule has 0 unspecified atom stereocenters. The van der Waals surface area contributed by atoms with Crippen molar-refractivity contribution in [3.63, 3.8) is 0 Å². The monoisotopic (exact) mass is 427 g/mol. The number of aromatic nitrogens is 4. The van der Waals surface area contributed by atoms with Crippen molar-refractivity contribution < 1.29 is 13.9 Å². The Labute approximate surface area is 157 Å². The number of nitrogens with one attached hydrogen (secondary N) is 1. The molecule has 0 aliphatic rings. The number of rotatable bonds is 5. The predicted octanol–water partition coefficient (Wildman–Crippen LogP) is 2.57. The maximum Gasteiger partial charge on any atom is 0.407 e. The summed E-state index contributed by atoms with van der Waals surface area (Å²) in [6.07, 6.45) is 2.45. The third kappa shape index (κ3) is 5.51. The molecule has 0 saturated heterocycles. The maximum absolute atomic E-state index is 13.1. The topological polar surface area (TPSA) is 91.0 Å². The van der Waals surface area contributed by atoms with E-state index in [1.165, 1.54) is 17.1 Å². The first-order valence-electron chi connectivity index (χ1n) is 7.69. The highest BCUT2D eigenvalue weighted by Crippen LogP contribution is 2.09. The molecule has 0 saturated carbocycles. The van der Waals surface area contributed by atoms with Crippen molar-refractivity contribution in [1.82, 2.24) is 24.6 Å². The van der Waals surface area contributed by atoms with Crippen LogP contribution in [-0.4, -0.2) is 37.6 Å². The van der Waals surface area contributed by atoms with E-state index in [2.05, 4.69) is 31.3 Å². The van der Waals surface area contributed by atoms with Crippen LogP contribution >= 0.6 is 15.9 Å². The lowest BCUT2D eigenvalue weighted by Crippen LogP contribution is -2.41. The molecule has 1 amide bonds. The lowest BCUT2D eigenvalue weighted by molar-refractivity contribution is 0.145. The van der Waals surface area contributed by atoms with Crippen LogP contribution in [0.25, 0.3) is 5.69 Å². The van der Waals surface area contributed by atoms with Crippen LogP contribution in [-0.2, 0) is 11.3 Å². The van der Waals surface area contributed by atoms with Gasteiger partial charge in [-0.3, -0.25) is 0 Å². The molecule has 0 aliphatic carbocycles. The number of hydrogen-bond donors (Lipinski definition) is 1. The fourth-order valence-electron chi connectivity index (χ4n) is 1.94. The smallest absolute Gasteiger partial charge is 0.407 e. The van der Waals surface area contributed by atoms with Gasteiger partial charge < -0.3 is 10.1 Å². The summed E-state index contributed by atoms with van der Waals surface area (Å²) in [4.78, 5) is 28.1. The normalized spacial score (nSPS) is 12.1. The van der Waals surface area contributed by atoms with Gasteiger partial charge in [0.05, 0.1) is 24.8 Å². The zero-order valence-electron chi connectivity index (χ0n) is 14.6. The van der Waals surface area contributed by atoms with E-state index in [9.17, 15) is 14.0 Å². The third-order valence-corrected chi connectivity index (χ3v) is 3.57. The molecular formula is C16H19BrFN5O3. The zero-order chi connectivity index (χ0) is 19.3. The van der Waals surface area contributed by atoms with Crippen LogP contribution in [0.1, 0.15) is 20.8 Å². The number of carbonyl (C=O) groups excluding carboxylic acids is 1. The van der Waals surface area contributed by atoms with Crippen LogP contribution in [0.15, 0.2) is 46.0 Å². The Hall–Kier alpha value is -2.49. The van der Waals surface area contributed by atoms with Crippen molar-refractivity contribution >= 4 is 22.0 Å². The Morgan fingerprint density at radius 2 is 2.15 bits per heavy atom. The molecule has 0 aliphatic heterocycles. The molecule has 1 N–H and O–H groups in total. The summed E-state index contributed by atoms with van der Waals surface area (Å²) in [5.74, 6) is 0. The van der Waals surface area contributed by atoms with Crippen molar-refractivity contribution in [1.29, 1.82) is 0 Å². The molecule has 0 aromatic carbocycles. The van der Waals surface area contributed by atoms with Gasteiger partial charge in [-0.1, -0.05) is 0 Å². The van der Waals surface area contributed by atoms with Crippen molar-refractivity contribution in [2.45, 2.75) is 32.9 Å². The fraction of sp³-hybridized carbons (Fsp3) is 0.375. The van der Waals surface area contributed by atoms with Crippen LogP contribution in [0.3, 0.4) is 0 Å². The van der Waals surface area contributed by atoms with Crippen molar-refractivity contribution in [3.05, 3.63) is 51.6 Å². The summed E-state index contributed by atoms with van der Waals surface area (Å²) in [5, 5.41) is 6.55. The Kier molecular flexibility index (Phi) is 6.30. The van der Waals surface area contributed by atoms with Crippen LogP contribution in [0.4, 0.5) is 9.18 Å². The standard InChI is InChI=1S/C16H19BrFN5O3/c1-16(2,3)21-14(24)26-9-11(6-18)8-23-15(25)22(10-20-23)12-4-5-13(17)19-7-12/h4-7,10H,8-9H2,1-3H3,(H,21,24)/b11-6-. The van der Waals surface area contributed by atoms with Gasteiger partial charge in [0.2, 0.25) is 0 Å². The Bertz CT molecular complexity index is 852. The number of amides is 1. The summed E-state index contributed by atoms with van der Waals surface area (Å²) >= 11 is 3.22. The zero-order valence-corrected chi connectivity index (χ0v) is 16.2. The van der Waals surface area contributed by atoms with Gasteiger partial charge in [-0.2, -0.15) is 5.10 Å². The first kappa shape index (κ1) is 19.8. The molecule has 140 valence electrons. The number of alkyl carbamates (subject to hydrolysis) is 1. The number of pyridine rings is 1. The van der Waals surface area contributed by atoms with E-state index in [0.29, 0.717) is 16.6 Å². The summed E-state index contributed by atoms with van der Waals surface area (Å²) in [7, 11) is 0. The van der Waals surface area contributed by atoms with Gasteiger partial charge >= 0.3 is 11.8 Å². The van der Waals surface area contributed by atoms with Crippen molar-refractivity contribution in [3.8, 4) is 5.69 Å². The number of carbonyl (C=O) groups is 1. The van der Waals surface area contributed by atoms with Crippen LogP contribution in [0.5, 0.6) is 0 Å². The molecule has 26 heavy (non-hydrogen) atoms. The van der Waals surface area contributed by atoms with Gasteiger partial charge in [-0.25, -0.2) is 28.2 Å². The van der Waals surface area contributed by atoms with Gasteiger partial charge in [0.15, 0.2) is 0 Å². The molecule has 2 heterocycles. The molecule has 10 heteroatoms. The van der Waals surface area contributed by atoms with Crippen molar-refractivity contribution in [2.75, 3.05) is 6.61 Å². The van der Waals surface area contributed by atoms with E-state index in [0.717, 1.165) is 4.68 Å². The second-order valence-corrected chi connectivity index (χ2v) is 7.31. The first-order chi connectivity index (χ1) is 12.2. The van der Waals surface area contributed by atoms with Crippen LogP contribution in [0, 0.1) is 0 Å². The molecule has 8 nitrogen and oxygen atoms in total. The number of ether oxygens (including phenoxy) is 1. The lowest BCUT2D eigenvalue weighted by Gasteiger charge is -2.20. The van der Waals surface area contributed by atoms with Crippen molar-refractivity contribution in [2.24, 2.45) is 0 Å². The van der Waals surface area contributed by atoms with Gasteiger partial charge in [0, 0.05) is 11.1 Å². The van der Waals surface area contributed by atoms with E-state index in [1.807, 2.05) is 0 Å². The summed E-state index contributed by atoms with van der Waals surface area (Å²) < 4.78 is 21.0. The average Bonchev–Trinajstić information content (AvgIpc) is 2.91. The number of hydrogen-bond acceptors (Lipinski definition) is 5. The summed E-state index contributed by atoms with van der Waals surface area (Å²) in [6.45, 7) is 4.95. The van der Waals surface area contributed by atoms with E-state index in [-0.39, 0.29) is 18.7 Å². The van der Waals surface area contributed by atoms with Crippen LogP contribution < -0.4 is 11.0 Å². The highest BCUT2D eigenvalue weighted by atomic mass is 79.9. The lowest BCUT2D eigenvalue weighted by atomic mass is 10.1. The molecule has 2 aromatic heterocycles. The Morgan fingerprint density at radius 1 is 1.42 bits per heavy atom. The molecule has 2 aromatic rings. The summed E-state index contributed by atoms with van der Waals surface area (Å²) in [5.41, 5.74) is -0.315. The quantitative estimate of drug-likeness (QED) is 0.740. The first-order valence-corrected chi connectivity index (χ1v) is 8.48. The number of nitrogens with zero attached hydrogens (tertiary/aromatic N) is 4. The van der Waals surface area contributed by atoms with E-state index < -0.39 is 17.3 Å². The SMILES string of the molecule is CC(C)(C)NC(=O)OC/C(=C\F)Cn1ncn(-c2ccc(Br)nc2)c1=O. The van der Waals surface area contributed by atoms with Gasteiger partial charge in [-0.05, 0) is 48.8 Å².